The van der Waals surface area contributed by atoms with E-state index in [1.807, 2.05) is 30.3 Å². The second kappa shape index (κ2) is 5.98. The van der Waals surface area contributed by atoms with Crippen LogP contribution in [0.3, 0.4) is 0 Å². The molecule has 1 saturated heterocycles. The Morgan fingerprint density at radius 3 is 2.83 bits per heavy atom. The van der Waals surface area contributed by atoms with Gasteiger partial charge in [-0.2, -0.15) is 0 Å². The van der Waals surface area contributed by atoms with Crippen LogP contribution in [0.2, 0.25) is 0 Å². The molecule has 0 aliphatic carbocycles. The maximum Gasteiger partial charge on any atom is 0.237 e. The summed E-state index contributed by atoms with van der Waals surface area (Å²) in [7, 11) is 0. The van der Waals surface area contributed by atoms with Crippen LogP contribution in [0.4, 0.5) is 0 Å². The molecule has 0 radical (unpaired) electrons. The highest BCUT2D eigenvalue weighted by molar-refractivity contribution is 5.82. The van der Waals surface area contributed by atoms with Crippen LogP contribution in [-0.2, 0) is 4.79 Å². The number of carbonyl (C=O) groups is 1. The first kappa shape index (κ1) is 13.1. The molecule has 1 heterocycles. The van der Waals surface area contributed by atoms with Crippen LogP contribution in [0.5, 0.6) is 0 Å². The maximum absolute atomic E-state index is 11.9. The zero-order chi connectivity index (χ0) is 13.0. The van der Waals surface area contributed by atoms with E-state index in [4.69, 9.17) is 0 Å². The molecule has 3 N–H and O–H groups in total. The van der Waals surface area contributed by atoms with E-state index in [0.717, 1.165) is 18.5 Å². The zero-order valence-corrected chi connectivity index (χ0v) is 10.6. The molecule has 0 aromatic heterocycles. The predicted octanol–water partition coefficient (Wildman–Crippen LogP) is 0.834. The van der Waals surface area contributed by atoms with E-state index >= 15 is 0 Å². The van der Waals surface area contributed by atoms with Crippen molar-refractivity contribution in [1.29, 1.82) is 0 Å². The van der Waals surface area contributed by atoms with Gasteiger partial charge in [-0.3, -0.25) is 4.79 Å². The summed E-state index contributed by atoms with van der Waals surface area (Å²) < 4.78 is 0. The fraction of sp³-hybridized carbons (Fsp3) is 0.500. The molecule has 1 aromatic rings. The molecule has 1 aromatic carbocycles. The number of rotatable bonds is 4. The molecule has 4 nitrogen and oxygen atoms in total. The van der Waals surface area contributed by atoms with Crippen molar-refractivity contribution < 1.29 is 9.90 Å². The van der Waals surface area contributed by atoms with Crippen molar-refractivity contribution in [1.82, 2.24) is 10.6 Å². The SMILES string of the molecule is CC1CCNC1C(=O)NCC(O)c1ccccc1. The van der Waals surface area contributed by atoms with Crippen LogP contribution >= 0.6 is 0 Å². The molecule has 3 unspecified atom stereocenters. The fourth-order valence-electron chi connectivity index (χ4n) is 2.29. The molecule has 1 aliphatic rings. The highest BCUT2D eigenvalue weighted by Crippen LogP contribution is 2.15. The molecule has 18 heavy (non-hydrogen) atoms. The number of nitrogens with one attached hydrogen (secondary N) is 2. The van der Waals surface area contributed by atoms with Crippen LogP contribution in [-0.4, -0.2) is 30.1 Å². The van der Waals surface area contributed by atoms with Gasteiger partial charge in [0.1, 0.15) is 0 Å². The molecule has 1 fully saturated rings. The minimum absolute atomic E-state index is 0.0185. The zero-order valence-electron chi connectivity index (χ0n) is 10.6. The van der Waals surface area contributed by atoms with E-state index in [9.17, 15) is 9.90 Å². The molecule has 1 aliphatic heterocycles. The third-order valence-corrected chi connectivity index (χ3v) is 3.47. The van der Waals surface area contributed by atoms with Crippen LogP contribution < -0.4 is 10.6 Å². The third kappa shape index (κ3) is 3.09. The number of amides is 1. The average Bonchev–Trinajstić information content (AvgIpc) is 2.83. The lowest BCUT2D eigenvalue weighted by Gasteiger charge is -2.17. The quantitative estimate of drug-likeness (QED) is 0.740. The van der Waals surface area contributed by atoms with Gasteiger partial charge in [0.15, 0.2) is 0 Å². The van der Waals surface area contributed by atoms with Gasteiger partial charge in [0.05, 0.1) is 12.1 Å². The lowest BCUT2D eigenvalue weighted by atomic mass is 10.0. The first-order valence-corrected chi connectivity index (χ1v) is 6.42. The molecule has 0 saturated carbocycles. The van der Waals surface area contributed by atoms with Crippen molar-refractivity contribution in [2.45, 2.75) is 25.5 Å². The van der Waals surface area contributed by atoms with Crippen molar-refractivity contribution in [3.8, 4) is 0 Å². The average molecular weight is 248 g/mol. The van der Waals surface area contributed by atoms with Gasteiger partial charge in [-0.05, 0) is 24.4 Å². The van der Waals surface area contributed by atoms with Crippen LogP contribution in [0, 0.1) is 5.92 Å². The number of aliphatic hydroxyl groups excluding tert-OH is 1. The fourth-order valence-corrected chi connectivity index (χ4v) is 2.29. The number of benzene rings is 1. The Morgan fingerprint density at radius 1 is 1.50 bits per heavy atom. The van der Waals surface area contributed by atoms with Crippen molar-refractivity contribution >= 4 is 5.91 Å². The van der Waals surface area contributed by atoms with Crippen molar-refractivity contribution in [3.63, 3.8) is 0 Å². The monoisotopic (exact) mass is 248 g/mol. The molecule has 3 atom stereocenters. The van der Waals surface area contributed by atoms with Gasteiger partial charge in [0.2, 0.25) is 5.91 Å². The predicted molar refractivity (Wildman–Crippen MR) is 70.0 cm³/mol. The van der Waals surface area contributed by atoms with Crippen molar-refractivity contribution in [2.24, 2.45) is 5.92 Å². The number of hydrogen-bond donors (Lipinski definition) is 3. The Morgan fingerprint density at radius 2 is 2.22 bits per heavy atom. The van der Waals surface area contributed by atoms with Gasteiger partial charge < -0.3 is 15.7 Å². The van der Waals surface area contributed by atoms with Gasteiger partial charge in [-0.1, -0.05) is 37.3 Å². The maximum atomic E-state index is 11.9. The largest absolute Gasteiger partial charge is 0.387 e. The summed E-state index contributed by atoms with van der Waals surface area (Å²) in [5, 5.41) is 15.9. The third-order valence-electron chi connectivity index (χ3n) is 3.47. The van der Waals surface area contributed by atoms with Gasteiger partial charge >= 0.3 is 0 Å². The smallest absolute Gasteiger partial charge is 0.237 e. The summed E-state index contributed by atoms with van der Waals surface area (Å²) in [6.45, 7) is 3.21. The summed E-state index contributed by atoms with van der Waals surface area (Å²) in [6, 6.07) is 9.24. The van der Waals surface area contributed by atoms with Gasteiger partial charge in [0.25, 0.3) is 0 Å². The molecule has 98 valence electrons. The molecule has 0 bridgehead atoms. The van der Waals surface area contributed by atoms with Crippen molar-refractivity contribution in [2.75, 3.05) is 13.1 Å². The van der Waals surface area contributed by atoms with Crippen LogP contribution in [0.1, 0.15) is 25.0 Å². The second-order valence-electron chi connectivity index (χ2n) is 4.87. The van der Waals surface area contributed by atoms with Gasteiger partial charge in [0, 0.05) is 6.54 Å². The lowest BCUT2D eigenvalue weighted by Crippen LogP contribution is -2.44. The summed E-state index contributed by atoms with van der Waals surface area (Å²) >= 11 is 0. The Bertz CT molecular complexity index is 394. The first-order chi connectivity index (χ1) is 8.68. The highest BCUT2D eigenvalue weighted by Gasteiger charge is 2.29. The Kier molecular flexibility index (Phi) is 4.33. The molecular formula is C14H20N2O2. The second-order valence-corrected chi connectivity index (χ2v) is 4.87. The topological polar surface area (TPSA) is 61.4 Å². The van der Waals surface area contributed by atoms with Gasteiger partial charge in [-0.15, -0.1) is 0 Å². The first-order valence-electron chi connectivity index (χ1n) is 6.42. The van der Waals surface area contributed by atoms with E-state index in [1.165, 1.54) is 0 Å². The summed E-state index contributed by atoms with van der Waals surface area (Å²) in [5.41, 5.74) is 0.824. The lowest BCUT2D eigenvalue weighted by molar-refractivity contribution is -0.124. The number of aliphatic hydroxyl groups is 1. The molecule has 0 spiro atoms. The molecule has 4 heteroatoms. The number of hydrogen-bond acceptors (Lipinski definition) is 3. The van der Waals surface area contributed by atoms with Crippen LogP contribution in [0.15, 0.2) is 30.3 Å². The Labute approximate surface area is 107 Å². The highest BCUT2D eigenvalue weighted by atomic mass is 16.3. The summed E-state index contributed by atoms with van der Waals surface area (Å²) in [5.74, 6) is 0.342. The normalized spacial score (nSPS) is 24.8. The van der Waals surface area contributed by atoms with E-state index < -0.39 is 6.10 Å². The van der Waals surface area contributed by atoms with E-state index in [1.54, 1.807) is 0 Å². The molecule has 1 amide bonds. The Hall–Kier alpha value is -1.39. The van der Waals surface area contributed by atoms with E-state index in [-0.39, 0.29) is 18.5 Å². The number of carbonyl (C=O) groups excluding carboxylic acids is 1. The van der Waals surface area contributed by atoms with Crippen LogP contribution in [0.25, 0.3) is 0 Å². The van der Waals surface area contributed by atoms with E-state index in [0.29, 0.717) is 5.92 Å². The summed E-state index contributed by atoms with van der Waals surface area (Å²) in [6.07, 6.45) is 0.381. The minimum atomic E-state index is -0.646. The molecular weight excluding hydrogens is 228 g/mol. The standard InChI is InChI=1S/C14H20N2O2/c1-10-7-8-15-13(10)14(18)16-9-12(17)11-5-3-2-4-6-11/h2-6,10,12-13,15,17H,7-9H2,1H3,(H,16,18). The van der Waals surface area contributed by atoms with Crippen molar-refractivity contribution in [3.05, 3.63) is 35.9 Å². The van der Waals surface area contributed by atoms with Gasteiger partial charge in [-0.25, -0.2) is 0 Å². The minimum Gasteiger partial charge on any atom is -0.387 e. The molecule has 2 rings (SSSR count). The van der Waals surface area contributed by atoms with E-state index in [2.05, 4.69) is 17.6 Å². The summed E-state index contributed by atoms with van der Waals surface area (Å²) in [4.78, 5) is 11.9. The Balaban J connectivity index is 1.83.